The molecule has 0 saturated carbocycles. The van der Waals surface area contributed by atoms with Crippen LogP contribution in [0.25, 0.3) is 0 Å². The fraction of sp³-hybridized carbons (Fsp3) is 0.458. The van der Waals surface area contributed by atoms with Gasteiger partial charge in [0.15, 0.2) is 0 Å². The first-order chi connectivity index (χ1) is 16.2. The minimum absolute atomic E-state index is 0.115. The van der Waals surface area contributed by atoms with E-state index in [1.807, 2.05) is 17.5 Å². The first-order valence-corrected chi connectivity index (χ1v) is 13.0. The van der Waals surface area contributed by atoms with E-state index >= 15 is 0 Å². The molecule has 0 aliphatic rings. The number of benzene rings is 1. The van der Waals surface area contributed by atoms with Crippen LogP contribution in [-0.4, -0.2) is 54.1 Å². The van der Waals surface area contributed by atoms with Gasteiger partial charge < -0.3 is 15.4 Å². The van der Waals surface area contributed by atoms with Crippen molar-refractivity contribution in [1.82, 2.24) is 15.7 Å². The molecule has 1 aromatic heterocycles. The Balaban J connectivity index is 2.06. The van der Waals surface area contributed by atoms with Crippen LogP contribution in [0.5, 0.6) is 5.75 Å². The highest BCUT2D eigenvalue weighted by atomic mass is 32.2. The van der Waals surface area contributed by atoms with Crippen LogP contribution in [0.1, 0.15) is 32.3 Å². The van der Waals surface area contributed by atoms with Gasteiger partial charge in [-0.15, -0.1) is 28.2 Å². The van der Waals surface area contributed by atoms with E-state index in [0.29, 0.717) is 23.8 Å². The van der Waals surface area contributed by atoms with Crippen LogP contribution in [0, 0.1) is 11.8 Å². The topological polar surface area (TPSA) is 108 Å². The summed E-state index contributed by atoms with van der Waals surface area (Å²) in [6.45, 7) is 4.12. The summed E-state index contributed by atoms with van der Waals surface area (Å²) in [6.07, 6.45) is 1.52. The molecule has 10 heteroatoms. The van der Waals surface area contributed by atoms with Crippen LogP contribution in [0.2, 0.25) is 0 Å². The van der Waals surface area contributed by atoms with Crippen molar-refractivity contribution in [2.45, 2.75) is 43.4 Å². The second-order valence-corrected chi connectivity index (χ2v) is 10.5. The van der Waals surface area contributed by atoms with E-state index in [4.69, 9.17) is 4.74 Å². The van der Waals surface area contributed by atoms with Gasteiger partial charge in [0.05, 0.1) is 17.2 Å². The number of nitrogens with zero attached hydrogens (tertiary/aromatic N) is 1. The lowest BCUT2D eigenvalue weighted by atomic mass is 9.98. The summed E-state index contributed by atoms with van der Waals surface area (Å²) < 4.78 is 6.20. The number of hydroxylamine groups is 2. The minimum atomic E-state index is -1.03. The van der Waals surface area contributed by atoms with Gasteiger partial charge in [0.1, 0.15) is 11.8 Å². The zero-order valence-corrected chi connectivity index (χ0v) is 21.6. The first kappa shape index (κ1) is 27.7. The molecule has 0 saturated heterocycles. The summed E-state index contributed by atoms with van der Waals surface area (Å²) in [4.78, 5) is 38.1. The number of hydrogen-bond donors (Lipinski definition) is 3. The summed E-state index contributed by atoms with van der Waals surface area (Å²) in [7, 11) is 3.02. The third-order valence-corrected chi connectivity index (χ3v) is 7.52. The van der Waals surface area contributed by atoms with Crippen LogP contribution in [0.15, 0.2) is 46.0 Å². The highest BCUT2D eigenvalue weighted by Crippen LogP contribution is 2.28. The second-order valence-electron chi connectivity index (χ2n) is 8.23. The molecule has 3 N–H and O–H groups in total. The molecule has 0 spiro atoms. The molecular weight excluding hydrogens is 474 g/mol. The predicted molar refractivity (Wildman–Crippen MR) is 134 cm³/mol. The van der Waals surface area contributed by atoms with Gasteiger partial charge in [0.2, 0.25) is 5.91 Å². The summed E-state index contributed by atoms with van der Waals surface area (Å²) in [5, 5.41) is 17.5. The van der Waals surface area contributed by atoms with Crippen LogP contribution in [-0.2, 0) is 16.0 Å². The van der Waals surface area contributed by atoms with Crippen LogP contribution < -0.4 is 15.4 Å². The van der Waals surface area contributed by atoms with Crippen molar-refractivity contribution >= 4 is 40.9 Å². The average Bonchev–Trinajstić information content (AvgIpc) is 3.36. The third-order valence-electron chi connectivity index (χ3n) is 5.22. The number of carbonyl (C=O) groups is 3. The Kier molecular flexibility index (Phi) is 11.4. The molecule has 0 bridgehead atoms. The molecule has 1 aromatic carbocycles. The molecule has 2 aromatic rings. The minimum Gasteiger partial charge on any atom is -0.497 e. The number of urea groups is 1. The van der Waals surface area contributed by atoms with E-state index in [0.717, 1.165) is 16.2 Å². The predicted octanol–water partition coefficient (Wildman–Crippen LogP) is 4.19. The lowest BCUT2D eigenvalue weighted by Gasteiger charge is -2.24. The van der Waals surface area contributed by atoms with Crippen LogP contribution >= 0.6 is 23.1 Å². The number of ether oxygens (including phenoxy) is 1. The fourth-order valence-electron chi connectivity index (χ4n) is 3.20. The monoisotopic (exact) mass is 507 g/mol. The number of carbonyl (C=O) groups excluding carboxylic acids is 3. The maximum absolute atomic E-state index is 13.0. The van der Waals surface area contributed by atoms with E-state index in [1.165, 1.54) is 18.8 Å². The van der Waals surface area contributed by atoms with E-state index in [1.54, 1.807) is 42.7 Å². The number of amides is 4. The van der Waals surface area contributed by atoms with Gasteiger partial charge >= 0.3 is 6.03 Å². The normalized spacial score (nSPS) is 12.6. The maximum atomic E-state index is 13.0. The smallest absolute Gasteiger partial charge is 0.349 e. The quantitative estimate of drug-likeness (QED) is 0.226. The summed E-state index contributed by atoms with van der Waals surface area (Å²) in [5.74, 6) is -0.155. The van der Waals surface area contributed by atoms with Gasteiger partial charge in [0.25, 0.3) is 5.91 Å². The maximum Gasteiger partial charge on any atom is 0.349 e. The zero-order valence-electron chi connectivity index (χ0n) is 19.9. The highest BCUT2D eigenvalue weighted by Gasteiger charge is 2.31. The van der Waals surface area contributed by atoms with Crippen LogP contribution in [0.3, 0.4) is 0 Å². The number of rotatable bonds is 12. The number of thiophene rings is 1. The van der Waals surface area contributed by atoms with Crippen molar-refractivity contribution in [3.63, 3.8) is 0 Å². The molecule has 1 heterocycles. The number of likely N-dealkylation sites (N-methyl/N-ethyl adjacent to an activating group) is 1. The largest absolute Gasteiger partial charge is 0.497 e. The number of methoxy groups -OCH3 is 1. The molecule has 2 rings (SSSR count). The lowest BCUT2D eigenvalue weighted by Crippen LogP contribution is -2.53. The van der Waals surface area contributed by atoms with Crippen molar-refractivity contribution in [2.75, 3.05) is 19.9 Å². The molecule has 0 aliphatic heterocycles. The number of imide groups is 1. The van der Waals surface area contributed by atoms with E-state index in [2.05, 4.69) is 24.5 Å². The average molecular weight is 508 g/mol. The molecule has 8 nitrogen and oxygen atoms in total. The summed E-state index contributed by atoms with van der Waals surface area (Å²) >= 11 is 3.10. The Bertz CT molecular complexity index is 919. The first-order valence-electron chi connectivity index (χ1n) is 11.1. The number of hydrogen-bond acceptors (Lipinski definition) is 7. The molecule has 0 unspecified atom stereocenters. The summed E-state index contributed by atoms with van der Waals surface area (Å²) in [5.41, 5.74) is 0.785. The standard InChI is InChI=1S/C24H33N3O5S2/c1-16(2)7-10-18(15-34-21-6-5-13-33-21)23(29)27(31)24(30)26-20(22(28)25-3)14-17-8-11-19(32-4)12-9-17/h5-6,8-9,11-13,16,18,20,31H,7,10,14-15H2,1-4H3,(H,25,28)(H,26,30)/t18-,20+/m1/s1. The van der Waals surface area contributed by atoms with Crippen molar-refractivity contribution in [1.29, 1.82) is 0 Å². The van der Waals surface area contributed by atoms with Crippen molar-refractivity contribution in [3.8, 4) is 5.75 Å². The molecule has 0 radical (unpaired) electrons. The van der Waals surface area contributed by atoms with Gasteiger partial charge in [-0.1, -0.05) is 38.5 Å². The summed E-state index contributed by atoms with van der Waals surface area (Å²) in [6, 6.07) is 8.99. The Hall–Kier alpha value is -2.56. The second kappa shape index (κ2) is 14.0. The number of thioether (sulfide) groups is 1. The lowest BCUT2D eigenvalue weighted by molar-refractivity contribution is -0.157. The van der Waals surface area contributed by atoms with Crippen LogP contribution in [0.4, 0.5) is 4.79 Å². The Morgan fingerprint density at radius 2 is 1.85 bits per heavy atom. The van der Waals surface area contributed by atoms with Crippen molar-refractivity contribution in [2.24, 2.45) is 11.8 Å². The van der Waals surface area contributed by atoms with Gasteiger partial charge in [0, 0.05) is 19.2 Å². The molecule has 0 aliphatic carbocycles. The Morgan fingerprint density at radius 1 is 1.15 bits per heavy atom. The Labute approximate surface area is 209 Å². The van der Waals surface area contributed by atoms with Gasteiger partial charge in [-0.05, 0) is 41.5 Å². The zero-order chi connectivity index (χ0) is 25.1. The van der Waals surface area contributed by atoms with E-state index in [9.17, 15) is 19.6 Å². The van der Waals surface area contributed by atoms with Crippen molar-refractivity contribution in [3.05, 3.63) is 47.3 Å². The molecular formula is C24H33N3O5S2. The fourth-order valence-corrected chi connectivity index (χ4v) is 5.15. The van der Waals surface area contributed by atoms with E-state index in [-0.39, 0.29) is 11.5 Å². The van der Waals surface area contributed by atoms with Crippen molar-refractivity contribution < 1.29 is 24.3 Å². The van der Waals surface area contributed by atoms with Gasteiger partial charge in [-0.25, -0.2) is 4.79 Å². The third kappa shape index (κ3) is 8.66. The number of nitrogens with one attached hydrogen (secondary N) is 2. The Morgan fingerprint density at radius 3 is 2.41 bits per heavy atom. The molecule has 34 heavy (non-hydrogen) atoms. The molecule has 0 fully saturated rings. The molecule has 4 amide bonds. The van der Waals surface area contributed by atoms with Gasteiger partial charge in [-0.3, -0.25) is 14.8 Å². The van der Waals surface area contributed by atoms with Gasteiger partial charge in [-0.2, -0.15) is 0 Å². The molecule has 2 atom stereocenters. The highest BCUT2D eigenvalue weighted by molar-refractivity contribution is 8.01. The van der Waals surface area contributed by atoms with E-state index < -0.39 is 29.8 Å². The molecule has 186 valence electrons. The SMILES string of the molecule is CNC(=O)[C@H](Cc1ccc(OC)cc1)NC(=O)N(O)C(=O)[C@H](CCC(C)C)CSc1cccs1.